The maximum absolute atomic E-state index is 14.4. The normalized spacial score (nSPS) is 30.6. The Kier molecular flexibility index (Phi) is 7.42. The van der Waals surface area contributed by atoms with Gasteiger partial charge in [0, 0.05) is 33.0 Å². The quantitative estimate of drug-likeness (QED) is 0.383. The molecule has 9 nitrogen and oxygen atoms in total. The highest BCUT2D eigenvalue weighted by Crippen LogP contribution is 2.61. The van der Waals surface area contributed by atoms with Gasteiger partial charge in [-0.15, -0.1) is 0 Å². The van der Waals surface area contributed by atoms with E-state index < -0.39 is 60.8 Å². The zero-order valence-electron chi connectivity index (χ0n) is 17.4. The van der Waals surface area contributed by atoms with Crippen molar-refractivity contribution in [3.8, 4) is 0 Å². The molecule has 1 aliphatic heterocycles. The van der Waals surface area contributed by atoms with E-state index in [2.05, 4.69) is 0 Å². The Bertz CT molecular complexity index is 866. The van der Waals surface area contributed by atoms with Gasteiger partial charge in [-0.05, 0) is 0 Å². The van der Waals surface area contributed by atoms with E-state index in [0.717, 1.165) is 27.7 Å². The van der Waals surface area contributed by atoms with Crippen LogP contribution in [0.1, 0.15) is 34.6 Å². The third kappa shape index (κ3) is 4.90. The first-order valence-corrected chi connectivity index (χ1v) is 11.2. The molecular weight excluding hydrogens is 415 g/mol. The molecule has 0 spiro atoms. The molecule has 0 bridgehead atoms. The van der Waals surface area contributed by atoms with Gasteiger partial charge in [0.15, 0.2) is 31.3 Å². The van der Waals surface area contributed by atoms with Crippen molar-refractivity contribution in [2.45, 2.75) is 64.4 Å². The fourth-order valence-corrected chi connectivity index (χ4v) is 7.16. The number of carbonyl (C=O) groups excluding carboxylic acids is 4. The molecule has 1 aromatic carbocycles. The average Bonchev–Trinajstić information content (AvgIpc) is 2.65. The first-order valence-electron chi connectivity index (χ1n) is 9.32. The molecule has 0 radical (unpaired) electrons. The van der Waals surface area contributed by atoms with Crippen LogP contribution in [0.2, 0.25) is 0 Å². The summed E-state index contributed by atoms with van der Waals surface area (Å²) < 4.78 is 35.9. The molecule has 1 aliphatic rings. The molecule has 0 aromatic heterocycles. The molecule has 164 valence electrons. The number of benzene rings is 1. The molecule has 2 rings (SSSR count). The van der Waals surface area contributed by atoms with Gasteiger partial charge in [-0.25, -0.2) is 0 Å². The molecule has 30 heavy (non-hydrogen) atoms. The topological polar surface area (TPSA) is 122 Å². The second-order valence-corrected chi connectivity index (χ2v) is 10.3. The lowest BCUT2D eigenvalue weighted by Gasteiger charge is -2.47. The largest absolute Gasteiger partial charge is 0.458 e. The van der Waals surface area contributed by atoms with E-state index in [1.165, 1.54) is 0 Å². The first kappa shape index (κ1) is 23.6. The summed E-state index contributed by atoms with van der Waals surface area (Å²) in [5.74, 6) is -4.40. The average molecular weight is 440 g/mol. The molecule has 1 unspecified atom stereocenters. The summed E-state index contributed by atoms with van der Waals surface area (Å²) in [4.78, 5) is 47.3. The number of hydrogen-bond donors (Lipinski definition) is 0. The smallest absolute Gasteiger partial charge is 0.303 e. The van der Waals surface area contributed by atoms with E-state index in [0.29, 0.717) is 5.30 Å². The summed E-state index contributed by atoms with van der Waals surface area (Å²) in [6.45, 7) is 6.08. The highest BCUT2D eigenvalue weighted by molar-refractivity contribution is 7.73. The minimum absolute atomic E-state index is 0.347. The third-order valence-corrected chi connectivity index (χ3v) is 8.50. The number of carbonyl (C=O) groups is 4. The fraction of sp³-hybridized carbons (Fsp3) is 0.500. The molecule has 1 saturated heterocycles. The molecule has 1 heterocycles. The van der Waals surface area contributed by atoms with Crippen molar-refractivity contribution in [3.63, 3.8) is 0 Å². The lowest BCUT2D eigenvalue weighted by molar-refractivity contribution is -0.195. The minimum atomic E-state index is -3.72. The Hall–Kier alpha value is -2.67. The molecule has 0 amide bonds. The zero-order chi connectivity index (χ0) is 22.6. The van der Waals surface area contributed by atoms with Crippen LogP contribution >= 0.6 is 7.14 Å². The molecule has 0 saturated carbocycles. The van der Waals surface area contributed by atoms with Crippen molar-refractivity contribution in [2.24, 2.45) is 0 Å². The summed E-state index contributed by atoms with van der Waals surface area (Å²) in [5, 5.41) is 0.347. The van der Waals surface area contributed by atoms with Gasteiger partial charge in [-0.3, -0.25) is 19.2 Å². The van der Waals surface area contributed by atoms with Crippen LogP contribution in [-0.2, 0) is 42.7 Å². The van der Waals surface area contributed by atoms with Crippen molar-refractivity contribution >= 4 is 36.3 Å². The molecule has 1 aromatic rings. The number of ether oxygens (including phenoxy) is 4. The Balaban J connectivity index is 2.74. The molecule has 1 fully saturated rings. The molecule has 10 heteroatoms. The predicted octanol–water partition coefficient (Wildman–Crippen LogP) is 1.76. The second-order valence-electron chi connectivity index (χ2n) is 7.01. The minimum Gasteiger partial charge on any atom is -0.458 e. The van der Waals surface area contributed by atoms with E-state index in [-0.39, 0.29) is 0 Å². The van der Waals surface area contributed by atoms with E-state index in [1.807, 2.05) is 0 Å². The Labute approximate surface area is 174 Å². The summed E-state index contributed by atoms with van der Waals surface area (Å²) in [7, 11) is -3.72. The molecular formula is C20H25O9P. The van der Waals surface area contributed by atoms with E-state index in [4.69, 9.17) is 18.9 Å². The Morgan fingerprint density at radius 2 is 1.13 bits per heavy atom. The summed E-state index contributed by atoms with van der Waals surface area (Å²) in [6, 6.07) is 8.23. The Morgan fingerprint density at radius 1 is 0.700 bits per heavy atom. The van der Waals surface area contributed by atoms with Gasteiger partial charge in [0.05, 0.1) is 5.66 Å². The first-order chi connectivity index (χ1) is 14.0. The summed E-state index contributed by atoms with van der Waals surface area (Å²) in [6.07, 6.45) is -3.96. The maximum Gasteiger partial charge on any atom is 0.303 e. The van der Waals surface area contributed by atoms with Crippen LogP contribution in [0.15, 0.2) is 30.3 Å². The van der Waals surface area contributed by atoms with Crippen LogP contribution < -0.4 is 5.30 Å². The molecule has 0 aliphatic carbocycles. The van der Waals surface area contributed by atoms with Crippen LogP contribution in [0.3, 0.4) is 0 Å². The van der Waals surface area contributed by atoms with Crippen LogP contribution in [-0.4, -0.2) is 53.7 Å². The van der Waals surface area contributed by atoms with Crippen LogP contribution in [0.5, 0.6) is 0 Å². The lowest BCUT2D eigenvalue weighted by atomic mass is 10.0. The van der Waals surface area contributed by atoms with Crippen molar-refractivity contribution in [1.82, 2.24) is 0 Å². The zero-order valence-corrected chi connectivity index (χ0v) is 18.3. The van der Waals surface area contributed by atoms with Crippen molar-refractivity contribution in [3.05, 3.63) is 30.3 Å². The van der Waals surface area contributed by atoms with Crippen molar-refractivity contribution in [1.29, 1.82) is 0 Å². The fourth-order valence-electron chi connectivity index (χ4n) is 3.65. The van der Waals surface area contributed by atoms with Gasteiger partial charge < -0.3 is 23.5 Å². The second kappa shape index (κ2) is 9.43. The van der Waals surface area contributed by atoms with E-state index >= 15 is 0 Å². The van der Waals surface area contributed by atoms with Crippen molar-refractivity contribution < 1.29 is 42.7 Å². The van der Waals surface area contributed by atoms with Crippen molar-refractivity contribution in [2.75, 3.05) is 0 Å². The molecule has 6 atom stereocenters. The van der Waals surface area contributed by atoms with E-state index in [1.54, 1.807) is 37.3 Å². The van der Waals surface area contributed by atoms with Crippen LogP contribution in [0.4, 0.5) is 0 Å². The summed E-state index contributed by atoms with van der Waals surface area (Å²) >= 11 is 0. The Morgan fingerprint density at radius 3 is 1.60 bits per heavy atom. The van der Waals surface area contributed by atoms with E-state index in [9.17, 15) is 23.7 Å². The van der Waals surface area contributed by atoms with Gasteiger partial charge in [-0.2, -0.15) is 0 Å². The summed E-state index contributed by atoms with van der Waals surface area (Å²) in [5.41, 5.74) is -0.913. The van der Waals surface area contributed by atoms with Crippen LogP contribution in [0.25, 0.3) is 0 Å². The number of hydrogen-bond acceptors (Lipinski definition) is 9. The number of esters is 4. The SMILES string of the molecule is CC(=O)O[C@H]1[C@H](OC(C)=O)[C@@H](OC(C)=O)P(=O)(c2ccccc2)[C@@H](C)[C@H]1OC(C)=O. The van der Waals surface area contributed by atoms with Gasteiger partial charge in [0.1, 0.15) is 0 Å². The van der Waals surface area contributed by atoms with Gasteiger partial charge >= 0.3 is 23.9 Å². The van der Waals surface area contributed by atoms with Gasteiger partial charge in [0.2, 0.25) is 0 Å². The maximum atomic E-state index is 14.4. The standard InChI is InChI=1S/C20H25O9P/c1-11-17(26-12(2)21)18(27-13(3)22)19(28-14(4)23)20(29-15(5)24)30(11,25)16-9-7-6-8-10-16/h6-11,17-20H,1-5H3/t11-,17+,18+,19-,20-,30?/m0/s1. The van der Waals surface area contributed by atoms with Crippen LogP contribution in [0, 0.1) is 0 Å². The lowest BCUT2D eigenvalue weighted by Crippen LogP contribution is -2.60. The highest BCUT2D eigenvalue weighted by atomic mass is 31.2. The van der Waals surface area contributed by atoms with Gasteiger partial charge in [-0.1, -0.05) is 37.3 Å². The van der Waals surface area contributed by atoms with Gasteiger partial charge in [0.25, 0.3) is 0 Å². The monoisotopic (exact) mass is 440 g/mol. The highest BCUT2D eigenvalue weighted by Gasteiger charge is 2.62. The molecule has 0 N–H and O–H groups in total. The third-order valence-electron chi connectivity index (χ3n) is 4.74. The predicted molar refractivity (Wildman–Crippen MR) is 105 cm³/mol. The number of rotatable bonds is 5.